The molecule has 0 amide bonds. The summed E-state index contributed by atoms with van der Waals surface area (Å²) in [5.74, 6) is 1.34. The molecular formula is C20H30F3IN4O. The number of aliphatic imine (C=N–C) groups is 1. The van der Waals surface area contributed by atoms with E-state index in [9.17, 15) is 13.2 Å². The summed E-state index contributed by atoms with van der Waals surface area (Å²) in [5, 5.41) is 3.12. The maximum absolute atomic E-state index is 13.7. The van der Waals surface area contributed by atoms with Crippen LogP contribution < -0.4 is 10.2 Å². The summed E-state index contributed by atoms with van der Waals surface area (Å²) in [6.07, 6.45) is -2.26. The zero-order valence-electron chi connectivity index (χ0n) is 17.0. The van der Waals surface area contributed by atoms with Gasteiger partial charge in [0.2, 0.25) is 0 Å². The van der Waals surface area contributed by atoms with Gasteiger partial charge in [0.15, 0.2) is 5.96 Å². The summed E-state index contributed by atoms with van der Waals surface area (Å²) in [6, 6.07) is 4.60. The molecule has 2 fully saturated rings. The fourth-order valence-corrected chi connectivity index (χ4v) is 3.73. The van der Waals surface area contributed by atoms with Gasteiger partial charge in [0, 0.05) is 45.5 Å². The lowest BCUT2D eigenvalue weighted by molar-refractivity contribution is -0.138. The first-order chi connectivity index (χ1) is 13.4. The third-order valence-corrected chi connectivity index (χ3v) is 5.51. The van der Waals surface area contributed by atoms with Gasteiger partial charge < -0.3 is 19.9 Å². The number of nitrogens with one attached hydrogen (secondary N) is 1. The van der Waals surface area contributed by atoms with Crippen molar-refractivity contribution in [3.63, 3.8) is 0 Å². The average Bonchev–Trinajstić information content (AvgIpc) is 2.69. The van der Waals surface area contributed by atoms with E-state index in [2.05, 4.69) is 22.1 Å². The molecule has 0 radical (unpaired) electrons. The Balaban J connectivity index is 0.00000300. The van der Waals surface area contributed by atoms with Crippen LogP contribution >= 0.6 is 24.0 Å². The molecule has 29 heavy (non-hydrogen) atoms. The molecule has 2 heterocycles. The van der Waals surface area contributed by atoms with Gasteiger partial charge in [-0.1, -0.05) is 13.0 Å². The average molecular weight is 526 g/mol. The van der Waals surface area contributed by atoms with Crippen LogP contribution in [-0.2, 0) is 17.5 Å². The van der Waals surface area contributed by atoms with Crippen LogP contribution in [0.2, 0.25) is 0 Å². The topological polar surface area (TPSA) is 40.1 Å². The molecule has 2 aliphatic heterocycles. The monoisotopic (exact) mass is 526 g/mol. The smallest absolute Gasteiger partial charge is 0.378 e. The molecule has 0 unspecified atom stereocenters. The Morgan fingerprint density at radius 1 is 1.17 bits per heavy atom. The molecule has 0 atom stereocenters. The van der Waals surface area contributed by atoms with Crippen LogP contribution in [-0.4, -0.2) is 57.3 Å². The maximum Gasteiger partial charge on any atom is 0.416 e. The summed E-state index contributed by atoms with van der Waals surface area (Å²) in [5.41, 5.74) is 0.233. The number of nitrogens with zero attached hydrogens (tertiary/aromatic N) is 3. The predicted octanol–water partition coefficient (Wildman–Crippen LogP) is 3.97. The van der Waals surface area contributed by atoms with Crippen LogP contribution in [0.4, 0.5) is 18.9 Å². The number of ether oxygens (including phenoxy) is 1. The second-order valence-corrected chi connectivity index (χ2v) is 7.51. The number of anilines is 1. The second-order valence-electron chi connectivity index (χ2n) is 7.51. The SMILES string of the molecule is CN=C(NCc1ccc(N2CCOCC2)cc1C(F)(F)F)N1CCC(C)CC1.I. The van der Waals surface area contributed by atoms with E-state index in [1.807, 2.05) is 4.90 Å². The number of alkyl halides is 3. The van der Waals surface area contributed by atoms with Crippen molar-refractivity contribution in [2.75, 3.05) is 51.3 Å². The van der Waals surface area contributed by atoms with Crippen LogP contribution in [0.25, 0.3) is 0 Å². The minimum atomic E-state index is -4.40. The van der Waals surface area contributed by atoms with Crippen molar-refractivity contribution in [3.8, 4) is 0 Å². The maximum atomic E-state index is 13.7. The van der Waals surface area contributed by atoms with E-state index in [4.69, 9.17) is 4.74 Å². The van der Waals surface area contributed by atoms with Crippen LogP contribution in [0.3, 0.4) is 0 Å². The van der Waals surface area contributed by atoms with Gasteiger partial charge in [0.25, 0.3) is 0 Å². The molecule has 3 rings (SSSR count). The Labute approximate surface area is 187 Å². The van der Waals surface area contributed by atoms with Gasteiger partial charge >= 0.3 is 6.18 Å². The Morgan fingerprint density at radius 3 is 2.41 bits per heavy atom. The number of guanidine groups is 1. The number of likely N-dealkylation sites (tertiary alicyclic amines) is 1. The lowest BCUT2D eigenvalue weighted by Gasteiger charge is -2.33. The van der Waals surface area contributed by atoms with Crippen LogP contribution in [0, 0.1) is 5.92 Å². The standard InChI is InChI=1S/C20H29F3N4O.HI/c1-15-5-7-27(8-6-15)19(24-2)25-14-16-3-4-17(13-18(16)20(21,22)23)26-9-11-28-12-10-26;/h3-4,13,15H,5-12,14H2,1-2H3,(H,24,25);1H. The Morgan fingerprint density at radius 2 is 1.83 bits per heavy atom. The van der Waals surface area contributed by atoms with E-state index in [0.717, 1.165) is 25.9 Å². The van der Waals surface area contributed by atoms with Gasteiger partial charge in [-0.05, 0) is 36.5 Å². The minimum Gasteiger partial charge on any atom is -0.378 e. The number of rotatable bonds is 3. The molecule has 9 heteroatoms. The third-order valence-electron chi connectivity index (χ3n) is 5.51. The van der Waals surface area contributed by atoms with E-state index in [0.29, 0.717) is 43.9 Å². The number of benzene rings is 1. The minimum absolute atomic E-state index is 0. The van der Waals surface area contributed by atoms with Crippen molar-refractivity contribution >= 4 is 35.6 Å². The molecule has 5 nitrogen and oxygen atoms in total. The largest absolute Gasteiger partial charge is 0.416 e. The van der Waals surface area contributed by atoms with Crippen LogP contribution in [0.5, 0.6) is 0 Å². The number of morpholine rings is 1. The van der Waals surface area contributed by atoms with Crippen molar-refractivity contribution in [1.29, 1.82) is 0 Å². The Kier molecular flexibility index (Phi) is 8.87. The molecule has 0 aromatic heterocycles. The van der Waals surface area contributed by atoms with Crippen molar-refractivity contribution in [3.05, 3.63) is 29.3 Å². The summed E-state index contributed by atoms with van der Waals surface area (Å²) < 4.78 is 46.4. The van der Waals surface area contributed by atoms with Gasteiger partial charge in [-0.25, -0.2) is 0 Å². The van der Waals surface area contributed by atoms with Crippen molar-refractivity contribution in [2.24, 2.45) is 10.9 Å². The first-order valence-corrected chi connectivity index (χ1v) is 9.87. The third kappa shape index (κ3) is 6.37. The molecule has 1 aromatic carbocycles. The molecule has 1 N–H and O–H groups in total. The van der Waals surface area contributed by atoms with Crippen LogP contribution in [0.15, 0.2) is 23.2 Å². The lowest BCUT2D eigenvalue weighted by Crippen LogP contribution is -2.45. The fraction of sp³-hybridized carbons (Fsp3) is 0.650. The number of hydrogen-bond donors (Lipinski definition) is 1. The highest BCUT2D eigenvalue weighted by Gasteiger charge is 2.34. The van der Waals surface area contributed by atoms with Gasteiger partial charge in [-0.2, -0.15) is 13.2 Å². The number of piperidine rings is 1. The Bertz CT molecular complexity index is 685. The van der Waals surface area contributed by atoms with Gasteiger partial charge in [-0.15, -0.1) is 24.0 Å². The predicted molar refractivity (Wildman–Crippen MR) is 120 cm³/mol. The molecule has 0 spiro atoms. The highest BCUT2D eigenvalue weighted by Crippen LogP contribution is 2.35. The zero-order chi connectivity index (χ0) is 20.1. The zero-order valence-corrected chi connectivity index (χ0v) is 19.3. The van der Waals surface area contributed by atoms with E-state index in [1.165, 1.54) is 6.07 Å². The fourth-order valence-electron chi connectivity index (χ4n) is 3.73. The van der Waals surface area contributed by atoms with E-state index < -0.39 is 11.7 Å². The highest BCUT2D eigenvalue weighted by molar-refractivity contribution is 14.0. The van der Waals surface area contributed by atoms with Crippen molar-refractivity contribution in [1.82, 2.24) is 10.2 Å². The second kappa shape index (κ2) is 10.7. The first kappa shape index (κ1) is 24.0. The highest BCUT2D eigenvalue weighted by atomic mass is 127. The number of halogens is 4. The molecular weight excluding hydrogens is 496 g/mol. The molecule has 0 aliphatic carbocycles. The summed E-state index contributed by atoms with van der Waals surface area (Å²) in [7, 11) is 1.67. The summed E-state index contributed by atoms with van der Waals surface area (Å²) in [6.45, 7) is 6.36. The molecule has 0 saturated carbocycles. The van der Waals surface area contributed by atoms with Crippen molar-refractivity contribution < 1.29 is 17.9 Å². The lowest BCUT2D eigenvalue weighted by atomic mass is 9.99. The molecule has 2 aliphatic rings. The van der Waals surface area contributed by atoms with E-state index >= 15 is 0 Å². The first-order valence-electron chi connectivity index (χ1n) is 9.87. The van der Waals surface area contributed by atoms with E-state index in [-0.39, 0.29) is 36.1 Å². The Hall–Kier alpha value is -1.23. The van der Waals surface area contributed by atoms with Crippen molar-refractivity contribution in [2.45, 2.75) is 32.5 Å². The quantitative estimate of drug-likeness (QED) is 0.368. The van der Waals surface area contributed by atoms with Gasteiger partial charge in [0.05, 0.1) is 18.8 Å². The molecule has 164 valence electrons. The number of hydrogen-bond acceptors (Lipinski definition) is 3. The molecule has 0 bridgehead atoms. The van der Waals surface area contributed by atoms with E-state index in [1.54, 1.807) is 19.2 Å². The molecule has 1 aromatic rings. The van der Waals surface area contributed by atoms with Crippen LogP contribution in [0.1, 0.15) is 30.9 Å². The normalized spacial score (nSPS) is 19.1. The summed E-state index contributed by atoms with van der Waals surface area (Å²) in [4.78, 5) is 8.32. The summed E-state index contributed by atoms with van der Waals surface area (Å²) >= 11 is 0. The molecule has 2 saturated heterocycles. The van der Waals surface area contributed by atoms with Gasteiger partial charge in [-0.3, -0.25) is 4.99 Å². The van der Waals surface area contributed by atoms with Gasteiger partial charge in [0.1, 0.15) is 0 Å².